The molecule has 0 aliphatic carbocycles. The third kappa shape index (κ3) is 1.29. The standard InChI is InChI=1S/C11H11NO3/c1-6-4-5-8-9(7(6)2)12(3)11(14)15-10(8)13/h4-5H,1-3H3. The van der Waals surface area contributed by atoms with E-state index in [1.165, 1.54) is 4.57 Å². The van der Waals surface area contributed by atoms with Crippen LogP contribution in [0.1, 0.15) is 11.1 Å². The van der Waals surface area contributed by atoms with Crippen molar-refractivity contribution in [3.63, 3.8) is 0 Å². The number of hydrogen-bond acceptors (Lipinski definition) is 3. The van der Waals surface area contributed by atoms with Crippen LogP contribution in [0.4, 0.5) is 0 Å². The normalized spacial score (nSPS) is 10.9. The quantitative estimate of drug-likeness (QED) is 0.647. The molecule has 4 heteroatoms. The van der Waals surface area contributed by atoms with E-state index >= 15 is 0 Å². The van der Waals surface area contributed by atoms with Crippen molar-refractivity contribution in [2.45, 2.75) is 13.8 Å². The van der Waals surface area contributed by atoms with Crippen molar-refractivity contribution >= 4 is 10.9 Å². The smallest absolute Gasteiger partial charge is 0.372 e. The van der Waals surface area contributed by atoms with E-state index in [0.29, 0.717) is 10.9 Å². The van der Waals surface area contributed by atoms with Crippen LogP contribution in [0.15, 0.2) is 26.1 Å². The summed E-state index contributed by atoms with van der Waals surface area (Å²) in [7, 11) is 1.60. The lowest BCUT2D eigenvalue weighted by Crippen LogP contribution is -2.23. The monoisotopic (exact) mass is 205 g/mol. The van der Waals surface area contributed by atoms with E-state index in [9.17, 15) is 9.59 Å². The molecule has 1 aromatic carbocycles. The van der Waals surface area contributed by atoms with E-state index in [2.05, 4.69) is 4.42 Å². The summed E-state index contributed by atoms with van der Waals surface area (Å²) in [6.45, 7) is 3.82. The van der Waals surface area contributed by atoms with Crippen LogP contribution in [-0.2, 0) is 7.05 Å². The molecule has 1 aromatic heterocycles. The van der Waals surface area contributed by atoms with Gasteiger partial charge in [-0.25, -0.2) is 9.59 Å². The van der Waals surface area contributed by atoms with E-state index in [4.69, 9.17) is 0 Å². The highest BCUT2D eigenvalue weighted by atomic mass is 16.4. The van der Waals surface area contributed by atoms with Crippen LogP contribution < -0.4 is 11.4 Å². The molecule has 0 unspecified atom stereocenters. The molecule has 0 aliphatic rings. The fraction of sp³-hybridized carbons (Fsp3) is 0.273. The van der Waals surface area contributed by atoms with E-state index in [1.54, 1.807) is 13.1 Å². The van der Waals surface area contributed by atoms with Gasteiger partial charge in [0.1, 0.15) is 0 Å². The van der Waals surface area contributed by atoms with E-state index < -0.39 is 11.4 Å². The molecule has 78 valence electrons. The van der Waals surface area contributed by atoms with Crippen molar-refractivity contribution in [1.29, 1.82) is 0 Å². The fourth-order valence-corrected chi connectivity index (χ4v) is 1.69. The largest absolute Gasteiger partial charge is 0.422 e. The van der Waals surface area contributed by atoms with Crippen molar-refractivity contribution in [3.05, 3.63) is 44.2 Å². The summed E-state index contributed by atoms with van der Waals surface area (Å²) in [6.07, 6.45) is 0. The second-order valence-electron chi connectivity index (χ2n) is 3.62. The zero-order chi connectivity index (χ0) is 11.2. The molecule has 0 atom stereocenters. The molecule has 0 N–H and O–H groups in total. The second kappa shape index (κ2) is 3.08. The second-order valence-corrected chi connectivity index (χ2v) is 3.62. The number of benzene rings is 1. The van der Waals surface area contributed by atoms with Gasteiger partial charge in [-0.2, -0.15) is 0 Å². The molecule has 15 heavy (non-hydrogen) atoms. The Kier molecular flexibility index (Phi) is 2.00. The van der Waals surface area contributed by atoms with Gasteiger partial charge in [0.2, 0.25) is 0 Å². The van der Waals surface area contributed by atoms with Crippen molar-refractivity contribution in [2.75, 3.05) is 0 Å². The maximum atomic E-state index is 11.4. The molecule has 0 bridgehead atoms. The van der Waals surface area contributed by atoms with Crippen molar-refractivity contribution in [2.24, 2.45) is 7.05 Å². The highest BCUT2D eigenvalue weighted by Gasteiger charge is 2.09. The predicted octanol–water partition coefficient (Wildman–Crippen LogP) is 1.11. The van der Waals surface area contributed by atoms with E-state index in [0.717, 1.165) is 11.1 Å². The van der Waals surface area contributed by atoms with Crippen LogP contribution in [-0.4, -0.2) is 4.57 Å². The summed E-state index contributed by atoms with van der Waals surface area (Å²) in [5, 5.41) is 0.445. The minimum atomic E-state index is -0.624. The molecule has 0 saturated carbocycles. The van der Waals surface area contributed by atoms with Crippen LogP contribution in [0.2, 0.25) is 0 Å². The van der Waals surface area contributed by atoms with Crippen molar-refractivity contribution < 1.29 is 4.42 Å². The van der Waals surface area contributed by atoms with Crippen LogP contribution >= 0.6 is 0 Å². The maximum Gasteiger partial charge on any atom is 0.422 e. The molecule has 2 rings (SSSR count). The van der Waals surface area contributed by atoms with E-state index in [-0.39, 0.29) is 0 Å². The third-order valence-corrected chi connectivity index (χ3v) is 2.71. The van der Waals surface area contributed by atoms with Gasteiger partial charge in [-0.15, -0.1) is 0 Å². The Hall–Kier alpha value is -1.84. The van der Waals surface area contributed by atoms with Crippen LogP contribution in [0.5, 0.6) is 0 Å². The minimum Gasteiger partial charge on any atom is -0.372 e. The van der Waals surface area contributed by atoms with Gasteiger partial charge in [0.05, 0.1) is 10.9 Å². The Morgan fingerprint density at radius 3 is 2.53 bits per heavy atom. The summed E-state index contributed by atoms with van der Waals surface area (Å²) in [5.41, 5.74) is 2.05. The van der Waals surface area contributed by atoms with Gasteiger partial charge in [-0.3, -0.25) is 4.57 Å². The number of fused-ring (bicyclic) bond motifs is 1. The molecule has 0 amide bonds. The maximum absolute atomic E-state index is 11.4. The predicted molar refractivity (Wildman–Crippen MR) is 57.2 cm³/mol. The lowest BCUT2D eigenvalue weighted by molar-refractivity contribution is 0.432. The Morgan fingerprint density at radius 1 is 1.20 bits per heavy atom. The van der Waals surface area contributed by atoms with E-state index in [1.807, 2.05) is 19.9 Å². The summed E-state index contributed by atoms with van der Waals surface area (Å²) in [6, 6.07) is 3.53. The highest BCUT2D eigenvalue weighted by molar-refractivity contribution is 5.81. The number of nitrogens with zero attached hydrogens (tertiary/aromatic N) is 1. The molecule has 0 spiro atoms. The minimum absolute atomic E-state index is 0.445. The van der Waals surface area contributed by atoms with Gasteiger partial charge in [0.15, 0.2) is 0 Å². The third-order valence-electron chi connectivity index (χ3n) is 2.71. The van der Waals surface area contributed by atoms with Gasteiger partial charge >= 0.3 is 11.4 Å². The van der Waals surface area contributed by atoms with Crippen molar-refractivity contribution in [3.8, 4) is 0 Å². The number of aromatic nitrogens is 1. The topological polar surface area (TPSA) is 52.2 Å². The Bertz CT molecular complexity index is 649. The molecule has 0 aliphatic heterocycles. The Balaban J connectivity index is 3.19. The first kappa shape index (κ1) is 9.71. The zero-order valence-corrected chi connectivity index (χ0v) is 8.83. The first-order chi connectivity index (χ1) is 7.02. The average Bonchev–Trinajstić information content (AvgIpc) is 2.19. The number of rotatable bonds is 0. The molecule has 0 fully saturated rings. The summed E-state index contributed by atoms with van der Waals surface area (Å²) >= 11 is 0. The SMILES string of the molecule is Cc1ccc2c(=O)oc(=O)n(C)c2c1C. The number of hydrogen-bond donors (Lipinski definition) is 0. The summed E-state index contributed by atoms with van der Waals surface area (Å²) in [5.74, 6) is -0.624. The van der Waals surface area contributed by atoms with Crippen LogP contribution in [0, 0.1) is 13.8 Å². The number of aryl methyl sites for hydroxylation is 3. The van der Waals surface area contributed by atoms with Crippen LogP contribution in [0.25, 0.3) is 10.9 Å². The lowest BCUT2D eigenvalue weighted by Gasteiger charge is -2.07. The van der Waals surface area contributed by atoms with Gasteiger partial charge in [0, 0.05) is 7.05 Å². The molecule has 1 heterocycles. The Labute approximate surface area is 85.8 Å². The molecule has 4 nitrogen and oxygen atoms in total. The fourth-order valence-electron chi connectivity index (χ4n) is 1.69. The average molecular weight is 205 g/mol. The molecule has 0 saturated heterocycles. The van der Waals surface area contributed by atoms with Gasteiger partial charge in [-0.05, 0) is 31.0 Å². The first-order valence-corrected chi connectivity index (χ1v) is 4.62. The zero-order valence-electron chi connectivity index (χ0n) is 8.83. The molecular formula is C11H11NO3. The van der Waals surface area contributed by atoms with Gasteiger partial charge in [-0.1, -0.05) is 6.07 Å². The van der Waals surface area contributed by atoms with Crippen molar-refractivity contribution in [1.82, 2.24) is 4.57 Å². The summed E-state index contributed by atoms with van der Waals surface area (Å²) < 4.78 is 5.93. The highest BCUT2D eigenvalue weighted by Crippen LogP contribution is 2.16. The van der Waals surface area contributed by atoms with Gasteiger partial charge < -0.3 is 4.42 Å². The lowest BCUT2D eigenvalue weighted by atomic mass is 10.1. The molecular weight excluding hydrogens is 194 g/mol. The molecule has 2 aromatic rings. The van der Waals surface area contributed by atoms with Crippen LogP contribution in [0.3, 0.4) is 0 Å². The molecule has 0 radical (unpaired) electrons. The Morgan fingerprint density at radius 2 is 1.87 bits per heavy atom. The van der Waals surface area contributed by atoms with Gasteiger partial charge in [0.25, 0.3) is 0 Å². The first-order valence-electron chi connectivity index (χ1n) is 4.62. The summed E-state index contributed by atoms with van der Waals surface area (Å²) in [4.78, 5) is 22.7.